The Labute approximate surface area is 186 Å². The molecule has 0 unspecified atom stereocenters. The first-order valence-corrected chi connectivity index (χ1v) is 10.9. The molecule has 1 N–H and O–H groups in total. The number of benzene rings is 3. The van der Waals surface area contributed by atoms with Gasteiger partial charge < -0.3 is 14.8 Å². The van der Waals surface area contributed by atoms with Crippen molar-refractivity contribution in [1.29, 1.82) is 0 Å². The predicted octanol–water partition coefficient (Wildman–Crippen LogP) is 6.41. The Hall–Kier alpha value is -2.01. The Balaban J connectivity index is 1.62. The van der Waals surface area contributed by atoms with Crippen molar-refractivity contribution in [1.82, 2.24) is 5.32 Å². The Kier molecular flexibility index (Phi) is 8.41. The van der Waals surface area contributed by atoms with E-state index in [0.717, 1.165) is 40.9 Å². The summed E-state index contributed by atoms with van der Waals surface area (Å²) in [4.78, 5) is 0. The maximum Gasteiger partial charge on any atom is 0.162 e. The van der Waals surface area contributed by atoms with Gasteiger partial charge in [-0.15, -0.1) is 0 Å². The van der Waals surface area contributed by atoms with Gasteiger partial charge in [-0.25, -0.2) is 0 Å². The van der Waals surface area contributed by atoms with E-state index in [1.165, 1.54) is 5.56 Å². The third kappa shape index (κ3) is 6.77. The molecule has 0 atom stereocenters. The van der Waals surface area contributed by atoms with Crippen molar-refractivity contribution in [2.75, 3.05) is 13.2 Å². The van der Waals surface area contributed by atoms with E-state index in [1.807, 2.05) is 49.4 Å². The Morgan fingerprint density at radius 3 is 2.41 bits per heavy atom. The smallest absolute Gasteiger partial charge is 0.162 e. The lowest BCUT2D eigenvalue weighted by Gasteiger charge is -2.16. The molecule has 3 aromatic rings. The van der Waals surface area contributed by atoms with E-state index < -0.39 is 0 Å². The molecule has 0 aromatic heterocycles. The van der Waals surface area contributed by atoms with Crippen molar-refractivity contribution >= 4 is 27.5 Å². The van der Waals surface area contributed by atoms with Crippen LogP contribution in [0, 0.1) is 0 Å². The second kappa shape index (κ2) is 11.2. The van der Waals surface area contributed by atoms with Gasteiger partial charge in [0.1, 0.15) is 6.61 Å². The highest BCUT2D eigenvalue weighted by Gasteiger charge is 2.11. The number of rotatable bonds is 10. The van der Waals surface area contributed by atoms with Crippen LogP contribution in [0.25, 0.3) is 0 Å². The van der Waals surface area contributed by atoms with Gasteiger partial charge in [0, 0.05) is 16.0 Å². The molecule has 0 bridgehead atoms. The molecule has 0 saturated carbocycles. The summed E-state index contributed by atoms with van der Waals surface area (Å²) in [6, 6.07) is 22.2. The van der Waals surface area contributed by atoms with Crippen LogP contribution in [0.2, 0.25) is 5.02 Å². The van der Waals surface area contributed by atoms with Crippen molar-refractivity contribution in [2.45, 2.75) is 26.5 Å². The first-order chi connectivity index (χ1) is 14.2. The first-order valence-electron chi connectivity index (χ1n) is 9.73. The molecule has 3 aromatic carbocycles. The molecule has 152 valence electrons. The number of hydrogen-bond donors (Lipinski definition) is 1. The molecular weight excluding hydrogens is 450 g/mol. The van der Waals surface area contributed by atoms with E-state index in [1.54, 1.807) is 0 Å². The lowest BCUT2D eigenvalue weighted by molar-refractivity contribution is 0.269. The summed E-state index contributed by atoms with van der Waals surface area (Å²) in [5, 5.41) is 4.21. The van der Waals surface area contributed by atoms with Crippen LogP contribution in [0.1, 0.15) is 23.6 Å². The van der Waals surface area contributed by atoms with Crippen LogP contribution in [0.4, 0.5) is 0 Å². The van der Waals surface area contributed by atoms with Crippen LogP contribution >= 0.6 is 27.5 Å². The maximum atomic E-state index is 6.06. The quantitative estimate of drug-likeness (QED) is 0.344. The fraction of sp³-hybridized carbons (Fsp3) is 0.250. The van der Waals surface area contributed by atoms with Gasteiger partial charge in [-0.05, 0) is 60.8 Å². The summed E-state index contributed by atoms with van der Waals surface area (Å²) in [6.45, 7) is 4.65. The molecule has 0 aliphatic rings. The number of hydrogen-bond acceptors (Lipinski definition) is 3. The monoisotopic (exact) mass is 473 g/mol. The van der Waals surface area contributed by atoms with Gasteiger partial charge >= 0.3 is 0 Å². The molecule has 29 heavy (non-hydrogen) atoms. The topological polar surface area (TPSA) is 30.5 Å². The Morgan fingerprint density at radius 1 is 0.897 bits per heavy atom. The van der Waals surface area contributed by atoms with Crippen LogP contribution in [0.5, 0.6) is 11.5 Å². The normalized spacial score (nSPS) is 10.7. The molecule has 0 fully saturated rings. The van der Waals surface area contributed by atoms with Crippen molar-refractivity contribution in [3.05, 3.63) is 92.9 Å². The number of ether oxygens (including phenoxy) is 2. The van der Waals surface area contributed by atoms with Gasteiger partial charge in [0.15, 0.2) is 11.5 Å². The molecule has 0 radical (unpaired) electrons. The van der Waals surface area contributed by atoms with Crippen molar-refractivity contribution < 1.29 is 9.47 Å². The second-order valence-corrected chi connectivity index (χ2v) is 7.95. The third-order valence-electron chi connectivity index (χ3n) is 4.44. The fourth-order valence-electron chi connectivity index (χ4n) is 2.98. The van der Waals surface area contributed by atoms with E-state index in [-0.39, 0.29) is 0 Å². The molecule has 3 nitrogen and oxygen atoms in total. The van der Waals surface area contributed by atoms with Crippen LogP contribution in [0.3, 0.4) is 0 Å². The van der Waals surface area contributed by atoms with Crippen LogP contribution < -0.4 is 14.8 Å². The minimum absolute atomic E-state index is 0.432. The van der Waals surface area contributed by atoms with Crippen LogP contribution in [-0.2, 0) is 19.6 Å². The van der Waals surface area contributed by atoms with Gasteiger partial charge in [-0.2, -0.15) is 0 Å². The van der Waals surface area contributed by atoms with E-state index in [9.17, 15) is 0 Å². The van der Waals surface area contributed by atoms with E-state index in [0.29, 0.717) is 24.0 Å². The lowest BCUT2D eigenvalue weighted by Crippen LogP contribution is -2.17. The minimum atomic E-state index is 0.432. The highest BCUT2D eigenvalue weighted by Crippen LogP contribution is 2.34. The largest absolute Gasteiger partial charge is 0.490 e. The van der Waals surface area contributed by atoms with Crippen molar-refractivity contribution in [2.24, 2.45) is 0 Å². The van der Waals surface area contributed by atoms with Gasteiger partial charge in [0.05, 0.1) is 6.61 Å². The molecule has 0 amide bonds. The SMILES string of the molecule is CCOc1cc(CNCCc2ccccc2)c(Br)cc1OCc1cccc(Cl)c1. The number of nitrogens with one attached hydrogen (secondary N) is 1. The summed E-state index contributed by atoms with van der Waals surface area (Å²) in [5.41, 5.74) is 3.48. The summed E-state index contributed by atoms with van der Waals surface area (Å²) in [7, 11) is 0. The molecule has 3 rings (SSSR count). The highest BCUT2D eigenvalue weighted by molar-refractivity contribution is 9.10. The van der Waals surface area contributed by atoms with E-state index in [4.69, 9.17) is 21.1 Å². The third-order valence-corrected chi connectivity index (χ3v) is 5.42. The fourth-order valence-corrected chi connectivity index (χ4v) is 3.66. The second-order valence-electron chi connectivity index (χ2n) is 6.65. The zero-order chi connectivity index (χ0) is 20.5. The molecule has 0 aliphatic heterocycles. The minimum Gasteiger partial charge on any atom is -0.490 e. The molecule has 0 spiro atoms. The molecular formula is C24H25BrClNO2. The molecule has 5 heteroatoms. The summed E-state index contributed by atoms with van der Waals surface area (Å²) < 4.78 is 12.8. The standard InChI is InChI=1S/C24H25BrClNO2/c1-2-28-23-14-20(16-27-12-11-18-7-4-3-5-8-18)22(25)15-24(23)29-17-19-9-6-10-21(26)13-19/h3-10,13-15,27H,2,11-12,16-17H2,1H3. The van der Waals surface area contributed by atoms with Gasteiger partial charge in [-0.1, -0.05) is 70.0 Å². The average molecular weight is 475 g/mol. The van der Waals surface area contributed by atoms with Crippen molar-refractivity contribution in [3.8, 4) is 11.5 Å². The summed E-state index contributed by atoms with van der Waals surface area (Å²) in [5.74, 6) is 1.46. The zero-order valence-electron chi connectivity index (χ0n) is 16.5. The van der Waals surface area contributed by atoms with Crippen LogP contribution in [0.15, 0.2) is 71.2 Å². The maximum absolute atomic E-state index is 6.06. The Bertz CT molecular complexity index is 918. The van der Waals surface area contributed by atoms with Gasteiger partial charge in [-0.3, -0.25) is 0 Å². The predicted molar refractivity (Wildman–Crippen MR) is 123 cm³/mol. The lowest BCUT2D eigenvalue weighted by atomic mass is 10.1. The summed E-state index contributed by atoms with van der Waals surface area (Å²) >= 11 is 9.73. The van der Waals surface area contributed by atoms with Gasteiger partial charge in [0.25, 0.3) is 0 Å². The zero-order valence-corrected chi connectivity index (χ0v) is 18.8. The van der Waals surface area contributed by atoms with E-state index >= 15 is 0 Å². The molecule has 0 aliphatic carbocycles. The highest BCUT2D eigenvalue weighted by atomic mass is 79.9. The molecule has 0 saturated heterocycles. The van der Waals surface area contributed by atoms with Crippen molar-refractivity contribution in [3.63, 3.8) is 0 Å². The van der Waals surface area contributed by atoms with E-state index in [2.05, 4.69) is 45.5 Å². The average Bonchev–Trinajstić information content (AvgIpc) is 2.73. The number of halogens is 2. The van der Waals surface area contributed by atoms with Crippen LogP contribution in [-0.4, -0.2) is 13.2 Å². The van der Waals surface area contributed by atoms with Gasteiger partial charge in [0.2, 0.25) is 0 Å². The summed E-state index contributed by atoms with van der Waals surface area (Å²) in [6.07, 6.45) is 0.998. The Morgan fingerprint density at radius 2 is 1.66 bits per heavy atom. The molecule has 0 heterocycles. The first kappa shape index (κ1) is 21.7.